The Hall–Kier alpha value is -1.72. The van der Waals surface area contributed by atoms with Gasteiger partial charge >= 0.3 is 0 Å². The molecule has 1 fully saturated rings. The number of carbonyl (C=O) groups is 1. The molecule has 3 heterocycles. The van der Waals surface area contributed by atoms with Gasteiger partial charge in [-0.3, -0.25) is 9.79 Å². The zero-order valence-corrected chi connectivity index (χ0v) is 14.8. The molecule has 4 rings (SSSR count). The number of hydrogen-bond acceptors (Lipinski definition) is 3. The van der Waals surface area contributed by atoms with E-state index in [0.717, 1.165) is 43.5 Å². The highest BCUT2D eigenvalue weighted by atomic mass is 35.5. The van der Waals surface area contributed by atoms with Crippen molar-refractivity contribution in [2.45, 2.75) is 25.2 Å². The maximum Gasteiger partial charge on any atom is 0.272 e. The Balaban J connectivity index is 1.43. The minimum absolute atomic E-state index is 0.0516. The highest BCUT2D eigenvalue weighted by molar-refractivity contribution is 6.46. The average Bonchev–Trinajstić information content (AvgIpc) is 3.07. The van der Waals surface area contributed by atoms with Crippen molar-refractivity contribution in [2.24, 2.45) is 4.99 Å². The van der Waals surface area contributed by atoms with E-state index in [2.05, 4.69) is 10.3 Å². The van der Waals surface area contributed by atoms with Crippen LogP contribution >= 0.6 is 11.6 Å². The van der Waals surface area contributed by atoms with E-state index in [1.807, 2.05) is 4.90 Å². The number of aliphatic imine (C=N–C) groups is 1. The molecule has 0 atom stereocenters. The van der Waals surface area contributed by atoms with Gasteiger partial charge in [0.2, 0.25) is 0 Å². The summed E-state index contributed by atoms with van der Waals surface area (Å²) >= 11 is 6.23. The SMILES string of the molecule is O=C(C1=NCC2=C1CCNC2)N1CCC(c2cc(F)ccc2Cl)CC1. The van der Waals surface area contributed by atoms with Crippen molar-refractivity contribution < 1.29 is 9.18 Å². The lowest BCUT2D eigenvalue weighted by molar-refractivity contribution is -0.125. The van der Waals surface area contributed by atoms with Crippen LogP contribution in [0.1, 0.15) is 30.7 Å². The van der Waals surface area contributed by atoms with Gasteiger partial charge in [-0.15, -0.1) is 0 Å². The number of benzene rings is 1. The Morgan fingerprint density at radius 1 is 1.32 bits per heavy atom. The first-order chi connectivity index (χ1) is 12.1. The molecule has 0 aromatic heterocycles. The van der Waals surface area contributed by atoms with E-state index in [1.165, 1.54) is 17.7 Å². The fourth-order valence-electron chi connectivity index (χ4n) is 4.01. The lowest BCUT2D eigenvalue weighted by Gasteiger charge is -2.33. The standard InChI is InChI=1S/C19H21ClFN3O/c20-17-2-1-14(21)9-16(17)12-4-7-24(8-5-12)19(25)18-15-3-6-22-10-13(15)11-23-18/h1-2,9,12,22H,3-8,10-11H2. The van der Waals surface area contributed by atoms with Gasteiger partial charge in [0, 0.05) is 24.7 Å². The summed E-state index contributed by atoms with van der Waals surface area (Å²) in [6, 6.07) is 4.52. The van der Waals surface area contributed by atoms with Gasteiger partial charge in [-0.05, 0) is 66.6 Å². The Bertz CT molecular complexity index is 766. The number of nitrogens with zero attached hydrogens (tertiary/aromatic N) is 2. The third kappa shape index (κ3) is 3.23. The van der Waals surface area contributed by atoms with E-state index in [0.29, 0.717) is 30.4 Å². The van der Waals surface area contributed by atoms with Crippen molar-refractivity contribution in [1.82, 2.24) is 10.2 Å². The Morgan fingerprint density at radius 3 is 2.92 bits per heavy atom. The minimum atomic E-state index is -0.261. The van der Waals surface area contributed by atoms with Gasteiger partial charge in [0.25, 0.3) is 5.91 Å². The molecule has 1 amide bonds. The van der Waals surface area contributed by atoms with E-state index in [4.69, 9.17) is 11.6 Å². The van der Waals surface area contributed by atoms with Crippen molar-refractivity contribution in [1.29, 1.82) is 0 Å². The zero-order valence-electron chi connectivity index (χ0n) is 14.0. The number of amides is 1. The second-order valence-electron chi connectivity index (χ2n) is 6.91. The molecule has 4 nitrogen and oxygen atoms in total. The molecule has 0 bridgehead atoms. The van der Waals surface area contributed by atoms with Crippen molar-refractivity contribution in [2.75, 3.05) is 32.7 Å². The monoisotopic (exact) mass is 361 g/mol. The molecule has 25 heavy (non-hydrogen) atoms. The minimum Gasteiger partial charge on any atom is -0.337 e. The van der Waals surface area contributed by atoms with Crippen molar-refractivity contribution >= 4 is 23.2 Å². The summed E-state index contributed by atoms with van der Waals surface area (Å²) in [5.74, 6) is -0.00861. The Labute approximate surface area is 151 Å². The molecule has 1 saturated heterocycles. The molecular formula is C19H21ClFN3O. The average molecular weight is 362 g/mol. The lowest BCUT2D eigenvalue weighted by atomic mass is 9.89. The van der Waals surface area contributed by atoms with Gasteiger partial charge in [0.15, 0.2) is 0 Å². The summed E-state index contributed by atoms with van der Waals surface area (Å²) in [5.41, 5.74) is 3.93. The summed E-state index contributed by atoms with van der Waals surface area (Å²) in [6.45, 7) is 3.73. The topological polar surface area (TPSA) is 44.7 Å². The molecule has 1 aromatic carbocycles. The smallest absolute Gasteiger partial charge is 0.272 e. The first-order valence-corrected chi connectivity index (χ1v) is 9.22. The van der Waals surface area contributed by atoms with Gasteiger partial charge in [0.1, 0.15) is 11.5 Å². The van der Waals surface area contributed by atoms with Gasteiger partial charge in [-0.2, -0.15) is 0 Å². The Morgan fingerprint density at radius 2 is 2.12 bits per heavy atom. The number of rotatable bonds is 2. The van der Waals surface area contributed by atoms with E-state index in [9.17, 15) is 9.18 Å². The number of hydrogen-bond donors (Lipinski definition) is 1. The Kier molecular flexibility index (Phi) is 4.61. The fourth-order valence-corrected chi connectivity index (χ4v) is 4.28. The molecule has 1 N–H and O–H groups in total. The summed E-state index contributed by atoms with van der Waals surface area (Å²) < 4.78 is 13.5. The molecule has 3 aliphatic rings. The third-order valence-electron chi connectivity index (χ3n) is 5.41. The molecule has 0 radical (unpaired) electrons. The van der Waals surface area contributed by atoms with Crippen LogP contribution in [0.2, 0.25) is 5.02 Å². The highest BCUT2D eigenvalue weighted by Gasteiger charge is 2.32. The molecule has 0 saturated carbocycles. The zero-order chi connectivity index (χ0) is 17.4. The largest absolute Gasteiger partial charge is 0.337 e. The predicted octanol–water partition coefficient (Wildman–Crippen LogP) is 2.93. The first-order valence-electron chi connectivity index (χ1n) is 8.84. The van der Waals surface area contributed by atoms with Gasteiger partial charge in [0.05, 0.1) is 6.54 Å². The molecule has 132 valence electrons. The molecule has 3 aliphatic heterocycles. The lowest BCUT2D eigenvalue weighted by Crippen LogP contribution is -2.42. The van der Waals surface area contributed by atoms with Crippen molar-refractivity contribution in [3.05, 3.63) is 45.7 Å². The fraction of sp³-hybridized carbons (Fsp3) is 0.474. The molecule has 0 spiro atoms. The normalized spacial score (nSPS) is 21.4. The molecule has 0 aliphatic carbocycles. The van der Waals surface area contributed by atoms with Crippen LogP contribution in [0.4, 0.5) is 4.39 Å². The molecule has 6 heteroatoms. The van der Waals surface area contributed by atoms with Crippen LogP contribution in [0, 0.1) is 5.82 Å². The summed E-state index contributed by atoms with van der Waals surface area (Å²) in [6.07, 6.45) is 2.49. The second kappa shape index (κ2) is 6.89. The van der Waals surface area contributed by atoms with E-state index in [-0.39, 0.29) is 17.6 Å². The summed E-state index contributed by atoms with van der Waals surface area (Å²) in [5, 5.41) is 3.94. The maximum absolute atomic E-state index is 13.5. The first kappa shape index (κ1) is 16.7. The van der Waals surface area contributed by atoms with Gasteiger partial charge < -0.3 is 10.2 Å². The number of carbonyl (C=O) groups excluding carboxylic acids is 1. The highest BCUT2D eigenvalue weighted by Crippen LogP contribution is 2.34. The van der Waals surface area contributed by atoms with Crippen LogP contribution < -0.4 is 5.32 Å². The van der Waals surface area contributed by atoms with Gasteiger partial charge in [-0.25, -0.2) is 4.39 Å². The number of likely N-dealkylation sites (tertiary alicyclic amines) is 1. The van der Waals surface area contributed by atoms with E-state index >= 15 is 0 Å². The van der Waals surface area contributed by atoms with Crippen LogP contribution in [-0.4, -0.2) is 49.2 Å². The molecule has 1 aromatic rings. The maximum atomic E-state index is 13.5. The summed E-state index contributed by atoms with van der Waals surface area (Å²) in [4.78, 5) is 19.3. The van der Waals surface area contributed by atoms with E-state index in [1.54, 1.807) is 6.07 Å². The summed E-state index contributed by atoms with van der Waals surface area (Å²) in [7, 11) is 0. The van der Waals surface area contributed by atoms with Gasteiger partial charge in [-0.1, -0.05) is 11.6 Å². The number of piperidine rings is 1. The predicted molar refractivity (Wildman–Crippen MR) is 96.8 cm³/mol. The quantitative estimate of drug-likeness (QED) is 0.880. The second-order valence-corrected chi connectivity index (χ2v) is 7.31. The van der Waals surface area contributed by atoms with Crippen LogP contribution in [0.5, 0.6) is 0 Å². The van der Waals surface area contributed by atoms with E-state index < -0.39 is 0 Å². The molecule has 0 unspecified atom stereocenters. The van der Waals surface area contributed by atoms with Crippen LogP contribution in [-0.2, 0) is 4.79 Å². The van der Waals surface area contributed by atoms with Crippen LogP contribution in [0.25, 0.3) is 0 Å². The molecular weight excluding hydrogens is 341 g/mol. The van der Waals surface area contributed by atoms with Crippen LogP contribution in [0.15, 0.2) is 34.3 Å². The van der Waals surface area contributed by atoms with Crippen LogP contribution in [0.3, 0.4) is 0 Å². The van der Waals surface area contributed by atoms with Crippen molar-refractivity contribution in [3.63, 3.8) is 0 Å². The number of nitrogens with one attached hydrogen (secondary N) is 1. The number of halogens is 2. The third-order valence-corrected chi connectivity index (χ3v) is 5.76. The van der Waals surface area contributed by atoms with Crippen molar-refractivity contribution in [3.8, 4) is 0 Å².